The van der Waals surface area contributed by atoms with Crippen LogP contribution in [0.5, 0.6) is 0 Å². The molecule has 0 aliphatic carbocycles. The summed E-state index contributed by atoms with van der Waals surface area (Å²) >= 11 is 5.87. The number of nitrogens with zero attached hydrogens (tertiary/aromatic N) is 3. The lowest BCUT2D eigenvalue weighted by Gasteiger charge is -2.23. The van der Waals surface area contributed by atoms with Crippen molar-refractivity contribution < 1.29 is 4.79 Å². The largest absolute Gasteiger partial charge is 0.384 e. The molecule has 1 aliphatic rings. The number of anilines is 1. The second kappa shape index (κ2) is 9.27. The molecular formula is C18H22ClN5O. The van der Waals surface area contributed by atoms with Crippen molar-refractivity contribution >= 4 is 23.2 Å². The van der Waals surface area contributed by atoms with E-state index in [1.807, 2.05) is 0 Å². The average Bonchev–Trinajstić information content (AvgIpc) is 3.10. The van der Waals surface area contributed by atoms with Crippen molar-refractivity contribution in [1.82, 2.24) is 4.90 Å². The number of halogens is 1. The normalized spacial score (nSPS) is 17.6. The number of amides is 1. The van der Waals surface area contributed by atoms with Crippen molar-refractivity contribution in [3.05, 3.63) is 28.8 Å². The Morgan fingerprint density at radius 2 is 2.24 bits per heavy atom. The average molecular weight is 360 g/mol. The van der Waals surface area contributed by atoms with E-state index in [0.717, 1.165) is 31.4 Å². The Morgan fingerprint density at radius 3 is 2.96 bits per heavy atom. The molecule has 1 aromatic carbocycles. The second-order valence-electron chi connectivity index (χ2n) is 6.15. The van der Waals surface area contributed by atoms with E-state index in [-0.39, 0.29) is 11.9 Å². The van der Waals surface area contributed by atoms with E-state index in [1.54, 1.807) is 23.1 Å². The van der Waals surface area contributed by atoms with Crippen LogP contribution in [0.25, 0.3) is 0 Å². The first-order chi connectivity index (χ1) is 12.1. The number of likely N-dealkylation sites (tertiary alicyclic amines) is 1. The molecule has 0 bridgehead atoms. The molecule has 2 rings (SSSR count). The third-order valence-electron chi connectivity index (χ3n) is 4.36. The number of benzene rings is 1. The number of nitrogens with one attached hydrogen (secondary N) is 1. The molecule has 7 heteroatoms. The summed E-state index contributed by atoms with van der Waals surface area (Å²) in [5, 5.41) is 21.9. The Morgan fingerprint density at radius 1 is 1.44 bits per heavy atom. The molecule has 1 fully saturated rings. The predicted molar refractivity (Wildman–Crippen MR) is 96.8 cm³/mol. The third kappa shape index (κ3) is 5.09. The second-order valence-corrected chi connectivity index (χ2v) is 6.59. The summed E-state index contributed by atoms with van der Waals surface area (Å²) in [5.41, 5.74) is 7.25. The molecule has 6 nitrogen and oxygen atoms in total. The zero-order chi connectivity index (χ0) is 18.2. The SMILES string of the molecule is N#Cc1cc(Cl)ccc1NCCCC[C@H](N)C(=O)N1CCC[C@H]1C#N. The molecule has 1 saturated heterocycles. The highest BCUT2D eigenvalue weighted by molar-refractivity contribution is 6.30. The standard InChI is InChI=1S/C18H22ClN5O/c19-14-6-7-17(13(10-14)11-20)23-8-2-1-5-16(22)18(25)24-9-3-4-15(24)12-21/h6-7,10,15-16,23H,1-5,8-9,22H2/t15-,16-/m0/s1. The fraction of sp³-hybridized carbons (Fsp3) is 0.500. The summed E-state index contributed by atoms with van der Waals surface area (Å²) in [5.74, 6) is -0.124. The van der Waals surface area contributed by atoms with E-state index in [9.17, 15) is 4.79 Å². The highest BCUT2D eigenvalue weighted by Gasteiger charge is 2.31. The predicted octanol–water partition coefficient (Wildman–Crippen LogP) is 2.64. The molecule has 1 heterocycles. The number of nitriles is 2. The number of rotatable bonds is 7. The molecule has 0 unspecified atom stereocenters. The van der Waals surface area contributed by atoms with E-state index < -0.39 is 6.04 Å². The van der Waals surface area contributed by atoms with Crippen LogP contribution in [0.1, 0.15) is 37.7 Å². The monoisotopic (exact) mass is 359 g/mol. The van der Waals surface area contributed by atoms with Crippen LogP contribution >= 0.6 is 11.6 Å². The van der Waals surface area contributed by atoms with E-state index in [2.05, 4.69) is 17.5 Å². The maximum Gasteiger partial charge on any atom is 0.240 e. The topological polar surface area (TPSA) is 106 Å². The molecule has 0 aromatic heterocycles. The van der Waals surface area contributed by atoms with Crippen LogP contribution in [-0.4, -0.2) is 36.0 Å². The van der Waals surface area contributed by atoms with Gasteiger partial charge in [-0.1, -0.05) is 11.6 Å². The fourth-order valence-corrected chi connectivity index (χ4v) is 3.15. The fourth-order valence-electron chi connectivity index (χ4n) is 2.98. The van der Waals surface area contributed by atoms with Gasteiger partial charge in [0.15, 0.2) is 0 Å². The number of carbonyl (C=O) groups excluding carboxylic acids is 1. The van der Waals surface area contributed by atoms with E-state index in [4.69, 9.17) is 27.9 Å². The lowest BCUT2D eigenvalue weighted by Crippen LogP contribution is -2.45. The Kier molecular flexibility index (Phi) is 7.06. The minimum atomic E-state index is -0.556. The van der Waals surface area contributed by atoms with Gasteiger partial charge in [-0.3, -0.25) is 4.79 Å². The van der Waals surface area contributed by atoms with Crippen molar-refractivity contribution in [1.29, 1.82) is 10.5 Å². The van der Waals surface area contributed by atoms with E-state index >= 15 is 0 Å². The van der Waals surface area contributed by atoms with E-state index in [0.29, 0.717) is 30.1 Å². The zero-order valence-corrected chi connectivity index (χ0v) is 14.8. The molecule has 1 aromatic rings. The summed E-state index contributed by atoms with van der Waals surface area (Å²) in [6.07, 6.45) is 3.81. The first-order valence-corrected chi connectivity index (χ1v) is 8.84. The lowest BCUT2D eigenvalue weighted by molar-refractivity contribution is -0.132. The minimum Gasteiger partial charge on any atom is -0.384 e. The summed E-state index contributed by atoms with van der Waals surface area (Å²) in [4.78, 5) is 13.9. The van der Waals surface area contributed by atoms with Gasteiger partial charge in [-0.05, 0) is 50.3 Å². The molecule has 25 heavy (non-hydrogen) atoms. The van der Waals surface area contributed by atoms with Gasteiger partial charge in [0.05, 0.1) is 23.4 Å². The van der Waals surface area contributed by atoms with Crippen LogP contribution in [0.4, 0.5) is 5.69 Å². The van der Waals surface area contributed by atoms with Gasteiger partial charge >= 0.3 is 0 Å². The molecule has 1 aliphatic heterocycles. The Balaban J connectivity index is 1.72. The maximum absolute atomic E-state index is 12.3. The Bertz CT molecular complexity index is 694. The molecule has 0 radical (unpaired) electrons. The van der Waals surface area contributed by atoms with Gasteiger partial charge in [0.25, 0.3) is 0 Å². The highest BCUT2D eigenvalue weighted by atomic mass is 35.5. The third-order valence-corrected chi connectivity index (χ3v) is 4.60. The summed E-state index contributed by atoms with van der Waals surface area (Å²) in [6, 6.07) is 8.54. The van der Waals surface area contributed by atoms with Crippen molar-refractivity contribution in [2.45, 2.75) is 44.2 Å². The van der Waals surface area contributed by atoms with Gasteiger partial charge < -0.3 is 16.0 Å². The lowest BCUT2D eigenvalue weighted by atomic mass is 10.1. The van der Waals surface area contributed by atoms with Crippen molar-refractivity contribution in [2.75, 3.05) is 18.4 Å². The minimum absolute atomic E-state index is 0.124. The van der Waals surface area contributed by atoms with Gasteiger partial charge in [0.1, 0.15) is 12.1 Å². The quantitative estimate of drug-likeness (QED) is 0.728. The Labute approximate surface area is 153 Å². The Hall–Kier alpha value is -2.28. The molecule has 1 amide bonds. The van der Waals surface area contributed by atoms with Gasteiger partial charge in [0.2, 0.25) is 5.91 Å². The van der Waals surface area contributed by atoms with Gasteiger partial charge in [0, 0.05) is 18.1 Å². The van der Waals surface area contributed by atoms with E-state index in [1.165, 1.54) is 0 Å². The van der Waals surface area contributed by atoms with Gasteiger partial charge in [-0.15, -0.1) is 0 Å². The van der Waals surface area contributed by atoms with Crippen molar-refractivity contribution in [2.24, 2.45) is 5.73 Å². The van der Waals surface area contributed by atoms with Crippen LogP contribution in [0.3, 0.4) is 0 Å². The molecular weight excluding hydrogens is 338 g/mol. The van der Waals surface area contributed by atoms with Crippen LogP contribution in [0, 0.1) is 22.7 Å². The van der Waals surface area contributed by atoms with Crippen LogP contribution in [-0.2, 0) is 4.79 Å². The number of hydrogen-bond acceptors (Lipinski definition) is 5. The zero-order valence-electron chi connectivity index (χ0n) is 14.0. The van der Waals surface area contributed by atoms with Crippen LogP contribution in [0.15, 0.2) is 18.2 Å². The number of carbonyl (C=O) groups is 1. The summed E-state index contributed by atoms with van der Waals surface area (Å²) in [7, 11) is 0. The smallest absolute Gasteiger partial charge is 0.240 e. The van der Waals surface area contributed by atoms with Crippen LogP contribution < -0.4 is 11.1 Å². The summed E-state index contributed by atoms with van der Waals surface area (Å²) in [6.45, 7) is 1.31. The molecule has 0 spiro atoms. The summed E-state index contributed by atoms with van der Waals surface area (Å²) < 4.78 is 0. The molecule has 132 valence electrons. The molecule has 0 saturated carbocycles. The highest BCUT2D eigenvalue weighted by Crippen LogP contribution is 2.20. The number of hydrogen-bond donors (Lipinski definition) is 2. The first kappa shape index (κ1) is 19.1. The van der Waals surface area contributed by atoms with Gasteiger partial charge in [-0.2, -0.15) is 10.5 Å². The van der Waals surface area contributed by atoms with Crippen LogP contribution in [0.2, 0.25) is 5.02 Å². The van der Waals surface area contributed by atoms with Crippen molar-refractivity contribution in [3.8, 4) is 12.1 Å². The van der Waals surface area contributed by atoms with Gasteiger partial charge in [-0.25, -0.2) is 0 Å². The van der Waals surface area contributed by atoms with Crippen molar-refractivity contribution in [3.63, 3.8) is 0 Å². The maximum atomic E-state index is 12.3. The molecule has 3 N–H and O–H groups in total. The number of unbranched alkanes of at least 4 members (excludes halogenated alkanes) is 1. The molecule has 2 atom stereocenters. The number of nitrogens with two attached hydrogens (primary N) is 1. The first-order valence-electron chi connectivity index (χ1n) is 8.46.